The van der Waals surface area contributed by atoms with Crippen LogP contribution in [0.3, 0.4) is 0 Å². The van der Waals surface area contributed by atoms with E-state index in [1.165, 1.54) is 0 Å². The average molecular weight is 481 g/mol. The number of fused-ring (bicyclic) bond motifs is 2. The van der Waals surface area contributed by atoms with E-state index in [-0.39, 0.29) is 5.91 Å². The number of nitrogens with two attached hydrogens (primary N) is 1. The number of nitrogens with zero attached hydrogens (tertiary/aromatic N) is 5. The molecule has 0 atom stereocenters. The van der Waals surface area contributed by atoms with Crippen molar-refractivity contribution in [3.05, 3.63) is 89.8 Å². The third-order valence-corrected chi connectivity index (χ3v) is 6.37. The number of benzene rings is 2. The Kier molecular flexibility index (Phi) is 6.16. The minimum atomic E-state index is -0.0940. The van der Waals surface area contributed by atoms with E-state index in [0.717, 1.165) is 38.9 Å². The van der Waals surface area contributed by atoms with Crippen LogP contribution in [-0.2, 0) is 24.9 Å². The van der Waals surface area contributed by atoms with Gasteiger partial charge in [-0.05, 0) is 52.9 Å². The van der Waals surface area contributed by atoms with E-state index < -0.39 is 0 Å². The summed E-state index contributed by atoms with van der Waals surface area (Å²) in [5, 5.41) is 6.38. The van der Waals surface area contributed by atoms with Crippen LogP contribution in [0.2, 0.25) is 0 Å². The number of likely N-dealkylation sites (N-methyl/N-ethyl adjacent to an activating group) is 1. The van der Waals surface area contributed by atoms with Crippen molar-refractivity contribution in [2.24, 2.45) is 7.05 Å². The maximum atomic E-state index is 12.8. The number of carbonyl (C=O) groups excluding carboxylic acids is 1. The van der Waals surface area contributed by atoms with Gasteiger partial charge in [-0.1, -0.05) is 30.3 Å². The normalized spacial score (nSPS) is 11.5. The second-order valence-corrected chi connectivity index (χ2v) is 8.81. The van der Waals surface area contributed by atoms with Crippen LogP contribution in [0.4, 0.5) is 5.82 Å². The number of anilines is 1. The molecule has 0 saturated carbocycles. The van der Waals surface area contributed by atoms with Crippen LogP contribution >= 0.6 is 0 Å². The minimum absolute atomic E-state index is 0.0940. The fourth-order valence-corrected chi connectivity index (χ4v) is 4.32. The van der Waals surface area contributed by atoms with Gasteiger partial charge in [0.2, 0.25) is 5.91 Å². The lowest BCUT2D eigenvalue weighted by molar-refractivity contribution is -0.125. The van der Waals surface area contributed by atoms with E-state index >= 15 is 0 Å². The largest absolute Gasteiger partial charge is 0.497 e. The monoisotopic (exact) mass is 480 g/mol. The molecule has 2 N–H and O–H groups in total. The number of nitrogen functional groups attached to an aromatic ring is 1. The summed E-state index contributed by atoms with van der Waals surface area (Å²) in [4.78, 5) is 19.1. The van der Waals surface area contributed by atoms with Gasteiger partial charge in [-0.25, -0.2) is 9.67 Å². The molecule has 3 aromatic heterocycles. The first-order valence-corrected chi connectivity index (χ1v) is 11.6. The molecule has 5 aromatic rings. The molecule has 0 saturated heterocycles. The number of para-hydroxylation sites is 1. The van der Waals surface area contributed by atoms with E-state index in [2.05, 4.69) is 32.8 Å². The Hall–Kier alpha value is -4.59. The summed E-state index contributed by atoms with van der Waals surface area (Å²) in [7, 11) is 5.46. The topological polar surface area (TPSA) is 91.2 Å². The quantitative estimate of drug-likeness (QED) is 0.352. The lowest BCUT2D eigenvalue weighted by atomic mass is 10.2. The lowest BCUT2D eigenvalue weighted by Gasteiger charge is -2.15. The highest BCUT2D eigenvalue weighted by atomic mass is 16.5. The van der Waals surface area contributed by atoms with Gasteiger partial charge >= 0.3 is 0 Å². The van der Waals surface area contributed by atoms with Gasteiger partial charge in [0.25, 0.3) is 0 Å². The second-order valence-electron chi connectivity index (χ2n) is 8.81. The highest BCUT2D eigenvalue weighted by molar-refractivity contribution is 5.93. The number of hydrogen-bond donors (Lipinski definition) is 1. The van der Waals surface area contributed by atoms with Crippen molar-refractivity contribution in [1.29, 1.82) is 0 Å². The number of methoxy groups -OCH3 is 1. The Morgan fingerprint density at radius 2 is 1.92 bits per heavy atom. The predicted octanol–water partition coefficient (Wildman–Crippen LogP) is 4.23. The van der Waals surface area contributed by atoms with Crippen molar-refractivity contribution in [3.8, 4) is 5.75 Å². The van der Waals surface area contributed by atoms with Crippen molar-refractivity contribution < 1.29 is 9.53 Å². The molecule has 1 amide bonds. The van der Waals surface area contributed by atoms with Crippen LogP contribution in [0.5, 0.6) is 5.75 Å². The summed E-state index contributed by atoms with van der Waals surface area (Å²) >= 11 is 0. The van der Waals surface area contributed by atoms with Crippen LogP contribution in [0.15, 0.2) is 72.9 Å². The van der Waals surface area contributed by atoms with Gasteiger partial charge in [0.1, 0.15) is 5.75 Å². The predicted molar refractivity (Wildman–Crippen MR) is 142 cm³/mol. The molecular formula is C28H28N6O2. The number of rotatable bonds is 7. The van der Waals surface area contributed by atoms with Crippen LogP contribution in [0.1, 0.15) is 16.8 Å². The van der Waals surface area contributed by atoms with E-state index in [9.17, 15) is 4.79 Å². The molecule has 0 bridgehead atoms. The van der Waals surface area contributed by atoms with Crippen LogP contribution in [-0.4, -0.2) is 44.3 Å². The molecule has 0 unspecified atom stereocenters. The van der Waals surface area contributed by atoms with Crippen molar-refractivity contribution in [2.75, 3.05) is 19.9 Å². The third-order valence-electron chi connectivity index (χ3n) is 6.37. The Labute approximate surface area is 209 Å². The molecule has 0 aliphatic rings. The van der Waals surface area contributed by atoms with Crippen molar-refractivity contribution in [2.45, 2.75) is 13.1 Å². The number of carbonyl (C=O) groups is 1. The molecule has 8 nitrogen and oxygen atoms in total. The second kappa shape index (κ2) is 9.58. The molecule has 0 spiro atoms. The van der Waals surface area contributed by atoms with Crippen LogP contribution in [0, 0.1) is 0 Å². The number of aromatic nitrogens is 4. The number of ether oxygens (including phenoxy) is 1. The van der Waals surface area contributed by atoms with E-state index in [1.54, 1.807) is 42.1 Å². The van der Waals surface area contributed by atoms with Gasteiger partial charge in [0, 0.05) is 37.6 Å². The fraction of sp³-hybridized carbons (Fsp3) is 0.179. The summed E-state index contributed by atoms with van der Waals surface area (Å²) < 4.78 is 9.12. The zero-order valence-corrected chi connectivity index (χ0v) is 20.5. The first kappa shape index (κ1) is 23.2. The lowest BCUT2D eigenvalue weighted by Crippen LogP contribution is -2.25. The standard InChI is InChI=1S/C28H28N6O2/c1-32(18-22-15-21-6-4-5-7-25(21)33(22)2)26(35)13-10-20-14-24-27(29)31-34(28(24)30-16-20)17-19-8-11-23(36-3)12-9-19/h4-16H,17-18H2,1-3H3,(H2,29,31). The van der Waals surface area contributed by atoms with Gasteiger partial charge in [-0.2, -0.15) is 5.10 Å². The van der Waals surface area contributed by atoms with E-state index in [0.29, 0.717) is 24.6 Å². The highest BCUT2D eigenvalue weighted by Gasteiger charge is 2.13. The number of amides is 1. The first-order valence-electron chi connectivity index (χ1n) is 11.6. The molecule has 36 heavy (non-hydrogen) atoms. The SMILES string of the molecule is COc1ccc(Cn2nc(N)c3cc(C=CC(=O)N(C)Cc4cc5ccccc5n4C)cnc32)cc1. The Morgan fingerprint density at radius 3 is 2.67 bits per heavy atom. The Morgan fingerprint density at radius 1 is 1.14 bits per heavy atom. The summed E-state index contributed by atoms with van der Waals surface area (Å²) in [5.41, 5.74) is 10.9. The maximum absolute atomic E-state index is 12.8. The molecule has 0 radical (unpaired) electrons. The fourth-order valence-electron chi connectivity index (χ4n) is 4.32. The molecule has 0 aliphatic heterocycles. The molecule has 8 heteroatoms. The van der Waals surface area contributed by atoms with Crippen molar-refractivity contribution >= 4 is 39.7 Å². The van der Waals surface area contributed by atoms with Gasteiger partial charge < -0.3 is 19.9 Å². The van der Waals surface area contributed by atoms with Crippen molar-refractivity contribution in [1.82, 2.24) is 24.2 Å². The summed E-state index contributed by atoms with van der Waals surface area (Å²) in [6.45, 7) is 1.05. The maximum Gasteiger partial charge on any atom is 0.246 e. The van der Waals surface area contributed by atoms with Crippen molar-refractivity contribution in [3.63, 3.8) is 0 Å². The van der Waals surface area contributed by atoms with Gasteiger partial charge in [-0.15, -0.1) is 0 Å². The van der Waals surface area contributed by atoms with Gasteiger partial charge in [-0.3, -0.25) is 4.79 Å². The smallest absolute Gasteiger partial charge is 0.246 e. The first-order chi connectivity index (χ1) is 17.4. The zero-order valence-electron chi connectivity index (χ0n) is 20.5. The van der Waals surface area contributed by atoms with Gasteiger partial charge in [0.15, 0.2) is 11.5 Å². The molecule has 5 rings (SSSR count). The summed E-state index contributed by atoms with van der Waals surface area (Å²) in [6.07, 6.45) is 5.04. The Balaban J connectivity index is 1.30. The molecular weight excluding hydrogens is 452 g/mol. The summed E-state index contributed by atoms with van der Waals surface area (Å²) in [6, 6.07) is 20.0. The number of hydrogen-bond acceptors (Lipinski definition) is 5. The number of pyridine rings is 1. The van der Waals surface area contributed by atoms with E-state index in [4.69, 9.17) is 10.5 Å². The van der Waals surface area contributed by atoms with Gasteiger partial charge in [0.05, 0.1) is 25.6 Å². The summed E-state index contributed by atoms with van der Waals surface area (Å²) in [5.74, 6) is 1.11. The van der Waals surface area contributed by atoms with E-state index in [1.807, 2.05) is 49.5 Å². The molecule has 3 heterocycles. The molecule has 0 fully saturated rings. The highest BCUT2D eigenvalue weighted by Crippen LogP contribution is 2.23. The molecule has 182 valence electrons. The van der Waals surface area contributed by atoms with Crippen LogP contribution in [0.25, 0.3) is 28.0 Å². The number of aryl methyl sites for hydroxylation is 1. The minimum Gasteiger partial charge on any atom is -0.497 e. The average Bonchev–Trinajstić information content (AvgIpc) is 3.38. The Bertz CT molecular complexity index is 1580. The zero-order chi connectivity index (χ0) is 25.2. The third kappa shape index (κ3) is 4.53. The molecule has 2 aromatic carbocycles. The van der Waals surface area contributed by atoms with Crippen LogP contribution < -0.4 is 10.5 Å². The molecule has 0 aliphatic carbocycles.